The molecule has 0 N–H and O–H groups in total. The van der Waals surface area contributed by atoms with Gasteiger partial charge in [0.2, 0.25) is 5.95 Å². The third kappa shape index (κ3) is 4.58. The van der Waals surface area contributed by atoms with Crippen molar-refractivity contribution in [3.05, 3.63) is 29.0 Å². The molecule has 1 aromatic rings. The lowest BCUT2D eigenvalue weighted by molar-refractivity contribution is 0.203. The number of nitrogens with zero attached hydrogens (tertiary/aromatic N) is 3. The Labute approximate surface area is 123 Å². The molecule has 1 atom stereocenters. The molecule has 5 heteroatoms. The highest BCUT2D eigenvalue weighted by molar-refractivity contribution is 9.10. The summed E-state index contributed by atoms with van der Waals surface area (Å²) in [5.74, 6) is 1.48. The van der Waals surface area contributed by atoms with Gasteiger partial charge in [-0.3, -0.25) is 0 Å². The predicted molar refractivity (Wildman–Crippen MR) is 80.3 cm³/mol. The minimum atomic E-state index is 0.689. The molecule has 0 fully saturated rings. The zero-order chi connectivity index (χ0) is 13.5. The maximum absolute atomic E-state index is 5.19. The van der Waals surface area contributed by atoms with Gasteiger partial charge in [-0.1, -0.05) is 12.2 Å². The van der Waals surface area contributed by atoms with E-state index in [1.165, 1.54) is 12.8 Å². The molecule has 1 aliphatic carbocycles. The van der Waals surface area contributed by atoms with Crippen LogP contribution in [0.3, 0.4) is 0 Å². The monoisotopic (exact) mass is 325 g/mol. The SMILES string of the molecule is COCCN(CC1CC=CCC1)c1ncc(Br)cn1. The number of hydrogen-bond donors (Lipinski definition) is 0. The second-order valence-electron chi connectivity index (χ2n) is 4.79. The zero-order valence-electron chi connectivity index (χ0n) is 11.3. The summed E-state index contributed by atoms with van der Waals surface area (Å²) in [5, 5.41) is 0. The highest BCUT2D eigenvalue weighted by Gasteiger charge is 2.17. The van der Waals surface area contributed by atoms with E-state index in [0.29, 0.717) is 12.5 Å². The smallest absolute Gasteiger partial charge is 0.225 e. The molecule has 0 amide bonds. The maximum atomic E-state index is 5.19. The molecule has 0 spiro atoms. The molecule has 0 saturated heterocycles. The average Bonchev–Trinajstić information content (AvgIpc) is 2.45. The first-order chi connectivity index (χ1) is 9.29. The van der Waals surface area contributed by atoms with Gasteiger partial charge in [-0.25, -0.2) is 9.97 Å². The van der Waals surface area contributed by atoms with Crippen LogP contribution in [0.25, 0.3) is 0 Å². The number of allylic oxidation sites excluding steroid dienone is 2. The van der Waals surface area contributed by atoms with Crippen LogP contribution in [0.4, 0.5) is 5.95 Å². The van der Waals surface area contributed by atoms with Crippen LogP contribution in [-0.4, -0.2) is 36.8 Å². The van der Waals surface area contributed by atoms with Gasteiger partial charge in [0, 0.05) is 32.6 Å². The molecule has 1 heterocycles. The summed E-state index contributed by atoms with van der Waals surface area (Å²) in [6.07, 6.45) is 11.7. The summed E-state index contributed by atoms with van der Waals surface area (Å²) in [6.45, 7) is 2.52. The number of anilines is 1. The fraction of sp³-hybridized carbons (Fsp3) is 0.571. The van der Waals surface area contributed by atoms with Gasteiger partial charge in [0.05, 0.1) is 11.1 Å². The largest absolute Gasteiger partial charge is 0.383 e. The summed E-state index contributed by atoms with van der Waals surface area (Å²) in [7, 11) is 1.73. The third-order valence-corrected chi connectivity index (χ3v) is 3.72. The first kappa shape index (κ1) is 14.5. The predicted octanol–water partition coefficient (Wildman–Crippen LogP) is 3.05. The van der Waals surface area contributed by atoms with E-state index in [-0.39, 0.29) is 0 Å². The summed E-state index contributed by atoms with van der Waals surface area (Å²) in [5.41, 5.74) is 0. The molecular formula is C14H20BrN3O. The van der Waals surface area contributed by atoms with Crippen molar-refractivity contribution in [2.75, 3.05) is 31.7 Å². The van der Waals surface area contributed by atoms with Crippen LogP contribution < -0.4 is 4.90 Å². The summed E-state index contributed by atoms with van der Waals surface area (Å²) < 4.78 is 6.09. The van der Waals surface area contributed by atoms with E-state index in [1.807, 2.05) is 0 Å². The zero-order valence-corrected chi connectivity index (χ0v) is 12.8. The highest BCUT2D eigenvalue weighted by Crippen LogP contribution is 2.21. The number of ether oxygens (including phenoxy) is 1. The van der Waals surface area contributed by atoms with E-state index < -0.39 is 0 Å². The van der Waals surface area contributed by atoms with Crippen molar-refractivity contribution in [2.24, 2.45) is 5.92 Å². The molecule has 0 aliphatic heterocycles. The number of methoxy groups -OCH3 is 1. The number of rotatable bonds is 6. The van der Waals surface area contributed by atoms with Crippen molar-refractivity contribution in [1.82, 2.24) is 9.97 Å². The fourth-order valence-corrected chi connectivity index (χ4v) is 2.48. The maximum Gasteiger partial charge on any atom is 0.225 e. The molecule has 4 nitrogen and oxygen atoms in total. The Bertz CT molecular complexity index is 408. The van der Waals surface area contributed by atoms with Crippen LogP contribution in [0.15, 0.2) is 29.0 Å². The Kier molecular flexibility index (Phi) is 5.79. The molecule has 0 saturated carbocycles. The van der Waals surface area contributed by atoms with Crippen molar-refractivity contribution in [3.63, 3.8) is 0 Å². The Morgan fingerprint density at radius 3 is 2.79 bits per heavy atom. The van der Waals surface area contributed by atoms with Gasteiger partial charge in [0.25, 0.3) is 0 Å². The van der Waals surface area contributed by atoms with Crippen molar-refractivity contribution in [2.45, 2.75) is 19.3 Å². The second kappa shape index (κ2) is 7.60. The third-order valence-electron chi connectivity index (χ3n) is 3.31. The van der Waals surface area contributed by atoms with E-state index in [1.54, 1.807) is 19.5 Å². The van der Waals surface area contributed by atoms with Crippen LogP contribution in [0.1, 0.15) is 19.3 Å². The molecule has 1 aromatic heterocycles. The molecular weight excluding hydrogens is 306 g/mol. The molecule has 104 valence electrons. The normalized spacial score (nSPS) is 18.5. The summed E-state index contributed by atoms with van der Waals surface area (Å²) in [4.78, 5) is 11.0. The molecule has 0 bridgehead atoms. The molecule has 19 heavy (non-hydrogen) atoms. The highest BCUT2D eigenvalue weighted by atomic mass is 79.9. The quantitative estimate of drug-likeness (QED) is 0.753. The van der Waals surface area contributed by atoms with Crippen molar-refractivity contribution in [3.8, 4) is 0 Å². The Hall–Kier alpha value is -0.940. The van der Waals surface area contributed by atoms with Crippen LogP contribution >= 0.6 is 15.9 Å². The van der Waals surface area contributed by atoms with E-state index in [2.05, 4.69) is 42.9 Å². The Balaban J connectivity index is 2.01. The van der Waals surface area contributed by atoms with Crippen LogP contribution in [0, 0.1) is 5.92 Å². The van der Waals surface area contributed by atoms with Crippen molar-refractivity contribution < 1.29 is 4.74 Å². The number of aromatic nitrogens is 2. The Morgan fingerprint density at radius 2 is 2.16 bits per heavy atom. The molecule has 2 rings (SSSR count). The topological polar surface area (TPSA) is 38.2 Å². The van der Waals surface area contributed by atoms with E-state index in [0.717, 1.165) is 29.9 Å². The van der Waals surface area contributed by atoms with Gasteiger partial charge < -0.3 is 9.64 Å². The molecule has 1 unspecified atom stereocenters. The van der Waals surface area contributed by atoms with Crippen molar-refractivity contribution in [1.29, 1.82) is 0 Å². The lowest BCUT2D eigenvalue weighted by Gasteiger charge is -2.28. The van der Waals surface area contributed by atoms with Gasteiger partial charge in [-0.2, -0.15) is 0 Å². The van der Waals surface area contributed by atoms with Crippen LogP contribution in [-0.2, 0) is 4.74 Å². The van der Waals surface area contributed by atoms with E-state index in [9.17, 15) is 0 Å². The van der Waals surface area contributed by atoms with Crippen LogP contribution in [0.5, 0.6) is 0 Å². The molecule has 0 aromatic carbocycles. The van der Waals surface area contributed by atoms with Gasteiger partial charge in [0.15, 0.2) is 0 Å². The van der Waals surface area contributed by atoms with Gasteiger partial charge in [0.1, 0.15) is 0 Å². The number of halogens is 1. The number of hydrogen-bond acceptors (Lipinski definition) is 4. The fourth-order valence-electron chi connectivity index (χ4n) is 2.28. The van der Waals surface area contributed by atoms with Gasteiger partial charge in [-0.05, 0) is 41.1 Å². The van der Waals surface area contributed by atoms with E-state index >= 15 is 0 Å². The summed E-state index contributed by atoms with van der Waals surface area (Å²) >= 11 is 3.37. The van der Waals surface area contributed by atoms with Gasteiger partial charge in [-0.15, -0.1) is 0 Å². The minimum Gasteiger partial charge on any atom is -0.383 e. The van der Waals surface area contributed by atoms with Gasteiger partial charge >= 0.3 is 0 Å². The lowest BCUT2D eigenvalue weighted by Crippen LogP contribution is -2.34. The van der Waals surface area contributed by atoms with Crippen LogP contribution in [0.2, 0.25) is 0 Å². The minimum absolute atomic E-state index is 0.689. The second-order valence-corrected chi connectivity index (χ2v) is 5.71. The first-order valence-electron chi connectivity index (χ1n) is 6.66. The lowest BCUT2D eigenvalue weighted by atomic mass is 9.94. The summed E-state index contributed by atoms with van der Waals surface area (Å²) in [6, 6.07) is 0. The van der Waals surface area contributed by atoms with E-state index in [4.69, 9.17) is 4.74 Å². The average molecular weight is 326 g/mol. The molecule has 1 aliphatic rings. The Morgan fingerprint density at radius 1 is 1.37 bits per heavy atom. The van der Waals surface area contributed by atoms with Crippen molar-refractivity contribution >= 4 is 21.9 Å². The first-order valence-corrected chi connectivity index (χ1v) is 7.45. The standard InChI is InChI=1S/C14H20BrN3O/c1-19-8-7-18(11-12-5-3-2-4-6-12)14-16-9-13(15)10-17-14/h2-3,9-10,12H,4-8,11H2,1H3. The molecule has 0 radical (unpaired) electrons.